The Labute approximate surface area is 97.6 Å². The molecule has 0 spiro atoms. The minimum absolute atomic E-state index is 0.176. The van der Waals surface area contributed by atoms with Gasteiger partial charge < -0.3 is 10.4 Å². The monoisotopic (exact) mass is 271 g/mol. The Morgan fingerprint density at radius 1 is 1.40 bits per heavy atom. The Bertz CT molecular complexity index is 341. The van der Waals surface area contributed by atoms with E-state index in [0.29, 0.717) is 5.56 Å². The van der Waals surface area contributed by atoms with Crippen LogP contribution in [0, 0.1) is 0 Å². The van der Waals surface area contributed by atoms with Crippen molar-refractivity contribution in [2.24, 2.45) is 0 Å². The lowest BCUT2D eigenvalue weighted by molar-refractivity contribution is 0.0694. The van der Waals surface area contributed by atoms with E-state index in [-0.39, 0.29) is 12.5 Å². The number of hydrogen-bond donors (Lipinski definition) is 2. The summed E-state index contributed by atoms with van der Waals surface area (Å²) < 4.78 is 0.932. The first-order valence-electron chi connectivity index (χ1n) is 4.65. The molecule has 0 saturated carbocycles. The van der Waals surface area contributed by atoms with Gasteiger partial charge in [0.25, 0.3) is 5.91 Å². The third-order valence-electron chi connectivity index (χ3n) is 1.79. The van der Waals surface area contributed by atoms with E-state index in [0.717, 1.165) is 4.47 Å². The zero-order valence-electron chi connectivity index (χ0n) is 8.75. The molecule has 0 aliphatic heterocycles. The van der Waals surface area contributed by atoms with Crippen LogP contribution in [0.5, 0.6) is 0 Å². The van der Waals surface area contributed by atoms with Gasteiger partial charge in [-0.25, -0.2) is 0 Å². The highest BCUT2D eigenvalue weighted by molar-refractivity contribution is 9.10. The predicted molar refractivity (Wildman–Crippen MR) is 62.8 cm³/mol. The van der Waals surface area contributed by atoms with Crippen LogP contribution in [0.3, 0.4) is 0 Å². The van der Waals surface area contributed by atoms with E-state index >= 15 is 0 Å². The molecule has 1 amide bonds. The van der Waals surface area contributed by atoms with E-state index in [9.17, 15) is 9.90 Å². The van der Waals surface area contributed by atoms with Crippen LogP contribution in [0.1, 0.15) is 24.2 Å². The van der Waals surface area contributed by atoms with Crippen LogP contribution in [0.15, 0.2) is 28.7 Å². The minimum Gasteiger partial charge on any atom is -0.389 e. The number of amides is 1. The minimum atomic E-state index is -0.884. The number of hydrogen-bond acceptors (Lipinski definition) is 2. The summed E-state index contributed by atoms with van der Waals surface area (Å²) in [5, 5.41) is 12.1. The number of aliphatic hydroxyl groups is 1. The molecule has 15 heavy (non-hydrogen) atoms. The maximum absolute atomic E-state index is 11.6. The van der Waals surface area contributed by atoms with Crippen LogP contribution < -0.4 is 5.32 Å². The Balaban J connectivity index is 2.58. The highest BCUT2D eigenvalue weighted by Gasteiger charge is 2.14. The van der Waals surface area contributed by atoms with Crippen molar-refractivity contribution in [1.82, 2.24) is 5.32 Å². The summed E-state index contributed by atoms with van der Waals surface area (Å²) in [7, 11) is 0. The summed E-state index contributed by atoms with van der Waals surface area (Å²) in [6, 6.07) is 7.06. The molecule has 3 nitrogen and oxygen atoms in total. The van der Waals surface area contributed by atoms with Gasteiger partial charge in [0.1, 0.15) is 0 Å². The average molecular weight is 272 g/mol. The zero-order valence-corrected chi connectivity index (χ0v) is 10.3. The van der Waals surface area contributed by atoms with Gasteiger partial charge in [-0.1, -0.05) is 15.9 Å². The lowest BCUT2D eigenvalue weighted by Crippen LogP contribution is -2.38. The molecule has 0 aliphatic rings. The SMILES string of the molecule is CC(C)(O)CNC(=O)c1ccc(Br)cc1. The normalized spacial score (nSPS) is 11.2. The van der Waals surface area contributed by atoms with Crippen molar-refractivity contribution in [2.75, 3.05) is 6.54 Å². The first kappa shape index (κ1) is 12.2. The van der Waals surface area contributed by atoms with Crippen molar-refractivity contribution in [1.29, 1.82) is 0 Å². The average Bonchev–Trinajstić information content (AvgIpc) is 2.14. The number of carbonyl (C=O) groups is 1. The van der Waals surface area contributed by atoms with Crippen LogP contribution in [0.2, 0.25) is 0 Å². The summed E-state index contributed by atoms with van der Waals surface area (Å²) in [5.74, 6) is -0.176. The molecule has 0 aromatic heterocycles. The first-order chi connectivity index (χ1) is 6.88. The molecule has 1 rings (SSSR count). The molecule has 0 aliphatic carbocycles. The van der Waals surface area contributed by atoms with Gasteiger partial charge in [-0.2, -0.15) is 0 Å². The maximum Gasteiger partial charge on any atom is 0.251 e. The molecule has 1 aromatic rings. The van der Waals surface area contributed by atoms with Gasteiger partial charge in [0, 0.05) is 16.6 Å². The summed E-state index contributed by atoms with van der Waals surface area (Å²) in [6.07, 6.45) is 0. The molecule has 0 heterocycles. The second-order valence-electron chi connectivity index (χ2n) is 4.00. The van der Waals surface area contributed by atoms with Gasteiger partial charge in [0.15, 0.2) is 0 Å². The third kappa shape index (κ3) is 4.44. The fourth-order valence-electron chi connectivity index (χ4n) is 1.000. The van der Waals surface area contributed by atoms with Gasteiger partial charge in [0.2, 0.25) is 0 Å². The fraction of sp³-hybridized carbons (Fsp3) is 0.364. The largest absolute Gasteiger partial charge is 0.389 e. The van der Waals surface area contributed by atoms with Crippen molar-refractivity contribution in [2.45, 2.75) is 19.4 Å². The van der Waals surface area contributed by atoms with E-state index in [1.54, 1.807) is 38.1 Å². The maximum atomic E-state index is 11.6. The van der Waals surface area contributed by atoms with Crippen molar-refractivity contribution in [3.63, 3.8) is 0 Å². The van der Waals surface area contributed by atoms with Crippen molar-refractivity contribution in [3.8, 4) is 0 Å². The molecular weight excluding hydrogens is 258 g/mol. The molecule has 0 fully saturated rings. The molecular formula is C11H14BrNO2. The molecule has 0 atom stereocenters. The lowest BCUT2D eigenvalue weighted by Gasteiger charge is -2.17. The molecule has 0 unspecified atom stereocenters. The van der Waals surface area contributed by atoms with Crippen LogP contribution in [0.4, 0.5) is 0 Å². The van der Waals surface area contributed by atoms with Gasteiger partial charge in [0.05, 0.1) is 5.60 Å². The number of rotatable bonds is 3. The number of nitrogens with one attached hydrogen (secondary N) is 1. The van der Waals surface area contributed by atoms with Crippen molar-refractivity contribution < 1.29 is 9.90 Å². The Hall–Kier alpha value is -0.870. The van der Waals surface area contributed by atoms with E-state index in [4.69, 9.17) is 0 Å². The van der Waals surface area contributed by atoms with Crippen LogP contribution >= 0.6 is 15.9 Å². The number of carbonyl (C=O) groups excluding carboxylic acids is 1. The zero-order chi connectivity index (χ0) is 11.5. The molecule has 1 aromatic carbocycles. The highest BCUT2D eigenvalue weighted by Crippen LogP contribution is 2.10. The van der Waals surface area contributed by atoms with Crippen molar-refractivity contribution in [3.05, 3.63) is 34.3 Å². The Morgan fingerprint density at radius 2 is 1.93 bits per heavy atom. The van der Waals surface area contributed by atoms with Crippen LogP contribution in [0.25, 0.3) is 0 Å². The smallest absolute Gasteiger partial charge is 0.251 e. The quantitative estimate of drug-likeness (QED) is 0.883. The van der Waals surface area contributed by atoms with Gasteiger partial charge in [-0.05, 0) is 38.1 Å². The number of benzene rings is 1. The van der Waals surface area contributed by atoms with E-state index in [1.165, 1.54) is 0 Å². The fourth-order valence-corrected chi connectivity index (χ4v) is 1.26. The van der Waals surface area contributed by atoms with E-state index in [1.807, 2.05) is 0 Å². The Morgan fingerprint density at radius 3 is 2.40 bits per heavy atom. The van der Waals surface area contributed by atoms with Gasteiger partial charge >= 0.3 is 0 Å². The predicted octanol–water partition coefficient (Wildman–Crippen LogP) is 1.95. The topological polar surface area (TPSA) is 49.3 Å². The summed E-state index contributed by atoms with van der Waals surface area (Å²) >= 11 is 3.29. The second-order valence-corrected chi connectivity index (χ2v) is 4.92. The molecule has 2 N–H and O–H groups in total. The summed E-state index contributed by atoms with van der Waals surface area (Å²) in [4.78, 5) is 11.6. The third-order valence-corrected chi connectivity index (χ3v) is 2.32. The van der Waals surface area contributed by atoms with E-state index < -0.39 is 5.60 Å². The molecule has 0 radical (unpaired) electrons. The Kier molecular flexibility index (Phi) is 3.88. The number of halogens is 1. The highest BCUT2D eigenvalue weighted by atomic mass is 79.9. The lowest BCUT2D eigenvalue weighted by atomic mass is 10.1. The molecule has 0 saturated heterocycles. The summed E-state index contributed by atoms with van der Waals surface area (Å²) in [5.41, 5.74) is -0.298. The first-order valence-corrected chi connectivity index (χ1v) is 5.44. The van der Waals surface area contributed by atoms with Crippen LogP contribution in [-0.4, -0.2) is 23.2 Å². The summed E-state index contributed by atoms with van der Waals surface area (Å²) in [6.45, 7) is 3.53. The van der Waals surface area contributed by atoms with Gasteiger partial charge in [-0.3, -0.25) is 4.79 Å². The van der Waals surface area contributed by atoms with Crippen molar-refractivity contribution >= 4 is 21.8 Å². The van der Waals surface area contributed by atoms with Gasteiger partial charge in [-0.15, -0.1) is 0 Å². The van der Waals surface area contributed by atoms with Crippen LogP contribution in [-0.2, 0) is 0 Å². The molecule has 82 valence electrons. The molecule has 0 bridgehead atoms. The molecule has 4 heteroatoms. The standard InChI is InChI=1S/C11H14BrNO2/c1-11(2,15)7-13-10(14)8-3-5-9(12)6-4-8/h3-6,15H,7H2,1-2H3,(H,13,14). The van der Waals surface area contributed by atoms with E-state index in [2.05, 4.69) is 21.2 Å². The second kappa shape index (κ2) is 4.77.